The fourth-order valence-corrected chi connectivity index (χ4v) is 3.27. The minimum Gasteiger partial charge on any atom is -0.495 e. The van der Waals surface area contributed by atoms with Crippen LogP contribution in [0.2, 0.25) is 0 Å². The largest absolute Gasteiger partial charge is 0.495 e. The van der Waals surface area contributed by atoms with E-state index in [1.165, 1.54) is 0 Å². The first-order valence-corrected chi connectivity index (χ1v) is 7.67. The summed E-state index contributed by atoms with van der Waals surface area (Å²) >= 11 is 1.59. The van der Waals surface area contributed by atoms with E-state index in [9.17, 15) is 0 Å². The Morgan fingerprint density at radius 3 is 2.55 bits per heavy atom. The number of hydrogen-bond acceptors (Lipinski definition) is 6. The summed E-state index contributed by atoms with van der Waals surface area (Å²) in [5.41, 5.74) is 1.83. The summed E-state index contributed by atoms with van der Waals surface area (Å²) in [4.78, 5) is 11.1. The second kappa shape index (κ2) is 6.19. The molecule has 0 atom stereocenters. The van der Waals surface area contributed by atoms with Crippen LogP contribution in [-0.4, -0.2) is 31.2 Å². The van der Waals surface area contributed by atoms with Crippen LogP contribution in [0.15, 0.2) is 36.5 Å². The molecule has 0 aliphatic rings. The Bertz CT molecular complexity index is 733. The van der Waals surface area contributed by atoms with Crippen LogP contribution in [0.25, 0.3) is 10.2 Å². The fourth-order valence-electron chi connectivity index (χ4n) is 2.24. The van der Waals surface area contributed by atoms with Gasteiger partial charge in [-0.2, -0.15) is 0 Å². The summed E-state index contributed by atoms with van der Waals surface area (Å²) in [5, 5.41) is 0.906. The van der Waals surface area contributed by atoms with E-state index in [4.69, 9.17) is 14.5 Å². The van der Waals surface area contributed by atoms with Gasteiger partial charge in [-0.3, -0.25) is 4.98 Å². The molecule has 114 valence electrons. The number of benzene rings is 1. The molecule has 0 bridgehead atoms. The van der Waals surface area contributed by atoms with Gasteiger partial charge in [-0.25, -0.2) is 4.98 Å². The summed E-state index contributed by atoms with van der Waals surface area (Å²) in [6, 6.07) is 9.69. The first kappa shape index (κ1) is 14.6. The van der Waals surface area contributed by atoms with Gasteiger partial charge in [-0.05, 0) is 24.3 Å². The second-order valence-electron chi connectivity index (χ2n) is 4.82. The average molecular weight is 315 g/mol. The van der Waals surface area contributed by atoms with Gasteiger partial charge in [-0.15, -0.1) is 0 Å². The fraction of sp³-hybridized carbons (Fsp3) is 0.250. The van der Waals surface area contributed by atoms with Crippen molar-refractivity contribution in [2.45, 2.75) is 6.54 Å². The van der Waals surface area contributed by atoms with Gasteiger partial charge >= 0.3 is 0 Å². The van der Waals surface area contributed by atoms with E-state index in [1.807, 2.05) is 37.4 Å². The standard InChI is InChI=1S/C16H17N3O2S/c1-19(10-11-6-4-5-9-17-11)16-18-14-12(20-2)7-8-13(21-3)15(14)22-16/h4-9H,10H2,1-3H3. The van der Waals surface area contributed by atoms with Crippen LogP contribution in [0.1, 0.15) is 5.69 Å². The molecular formula is C16H17N3O2S. The van der Waals surface area contributed by atoms with Crippen molar-refractivity contribution in [1.82, 2.24) is 9.97 Å². The summed E-state index contributed by atoms with van der Waals surface area (Å²) in [6.45, 7) is 0.700. The predicted octanol–water partition coefficient (Wildman–Crippen LogP) is 3.34. The summed E-state index contributed by atoms with van der Waals surface area (Å²) < 4.78 is 11.8. The first-order chi connectivity index (χ1) is 10.7. The van der Waals surface area contributed by atoms with Crippen molar-refractivity contribution < 1.29 is 9.47 Å². The van der Waals surface area contributed by atoms with Crippen LogP contribution in [0.5, 0.6) is 11.5 Å². The van der Waals surface area contributed by atoms with Gasteiger partial charge in [0.15, 0.2) is 5.13 Å². The number of nitrogens with zero attached hydrogens (tertiary/aromatic N) is 3. The van der Waals surface area contributed by atoms with Crippen molar-refractivity contribution in [1.29, 1.82) is 0 Å². The van der Waals surface area contributed by atoms with Crippen LogP contribution >= 0.6 is 11.3 Å². The lowest BCUT2D eigenvalue weighted by atomic mass is 10.3. The van der Waals surface area contributed by atoms with Crippen LogP contribution in [0, 0.1) is 0 Å². The van der Waals surface area contributed by atoms with Crippen molar-refractivity contribution in [3.8, 4) is 11.5 Å². The normalized spacial score (nSPS) is 10.7. The number of ether oxygens (including phenoxy) is 2. The third-order valence-corrected chi connectivity index (χ3v) is 4.54. The number of thiazole rings is 1. The van der Waals surface area contributed by atoms with Gasteiger partial charge in [0.2, 0.25) is 0 Å². The van der Waals surface area contributed by atoms with Gasteiger partial charge < -0.3 is 14.4 Å². The molecule has 0 unspecified atom stereocenters. The predicted molar refractivity (Wildman–Crippen MR) is 89.1 cm³/mol. The van der Waals surface area contributed by atoms with Gasteiger partial charge in [0, 0.05) is 13.2 Å². The van der Waals surface area contributed by atoms with Crippen molar-refractivity contribution in [3.63, 3.8) is 0 Å². The molecule has 0 spiro atoms. The minimum atomic E-state index is 0.700. The number of pyridine rings is 1. The summed E-state index contributed by atoms with van der Waals surface area (Å²) in [5.74, 6) is 1.57. The molecule has 1 aromatic carbocycles. The van der Waals surface area contributed by atoms with E-state index in [-0.39, 0.29) is 0 Å². The minimum absolute atomic E-state index is 0.700. The summed E-state index contributed by atoms with van der Waals surface area (Å²) in [6.07, 6.45) is 1.80. The topological polar surface area (TPSA) is 47.5 Å². The highest BCUT2D eigenvalue weighted by Gasteiger charge is 2.16. The van der Waals surface area contributed by atoms with E-state index in [0.29, 0.717) is 6.54 Å². The van der Waals surface area contributed by atoms with E-state index in [0.717, 1.165) is 32.5 Å². The Hall–Kier alpha value is -2.34. The Morgan fingerprint density at radius 1 is 1.09 bits per heavy atom. The number of hydrogen-bond donors (Lipinski definition) is 0. The highest BCUT2D eigenvalue weighted by molar-refractivity contribution is 7.22. The smallest absolute Gasteiger partial charge is 0.186 e. The molecule has 5 nitrogen and oxygen atoms in total. The maximum Gasteiger partial charge on any atom is 0.186 e. The number of aromatic nitrogens is 2. The zero-order valence-corrected chi connectivity index (χ0v) is 13.6. The lowest BCUT2D eigenvalue weighted by Crippen LogP contribution is -2.16. The SMILES string of the molecule is COc1ccc(OC)c2sc(N(C)Cc3ccccn3)nc12. The van der Waals surface area contributed by atoms with Crippen molar-refractivity contribution in [3.05, 3.63) is 42.2 Å². The average Bonchev–Trinajstić information content (AvgIpc) is 3.00. The highest BCUT2D eigenvalue weighted by atomic mass is 32.1. The lowest BCUT2D eigenvalue weighted by Gasteiger charge is -2.14. The van der Waals surface area contributed by atoms with E-state index in [2.05, 4.69) is 9.88 Å². The van der Waals surface area contributed by atoms with Gasteiger partial charge in [-0.1, -0.05) is 17.4 Å². The van der Waals surface area contributed by atoms with Crippen molar-refractivity contribution >= 4 is 26.7 Å². The van der Waals surface area contributed by atoms with Gasteiger partial charge in [0.25, 0.3) is 0 Å². The second-order valence-corrected chi connectivity index (χ2v) is 5.80. The molecular weight excluding hydrogens is 298 g/mol. The van der Waals surface area contributed by atoms with Crippen molar-refractivity contribution in [2.75, 3.05) is 26.2 Å². The Kier molecular flexibility index (Phi) is 4.11. The molecule has 0 N–H and O–H groups in total. The lowest BCUT2D eigenvalue weighted by molar-refractivity contribution is 0.410. The number of rotatable bonds is 5. The molecule has 0 amide bonds. The molecule has 0 fully saturated rings. The Labute approximate surface area is 133 Å². The Morgan fingerprint density at radius 2 is 1.86 bits per heavy atom. The van der Waals surface area contributed by atoms with Crippen LogP contribution in [0.3, 0.4) is 0 Å². The maximum atomic E-state index is 5.42. The third kappa shape index (κ3) is 2.69. The van der Waals surface area contributed by atoms with Crippen LogP contribution in [-0.2, 0) is 6.54 Å². The number of fused-ring (bicyclic) bond motifs is 1. The van der Waals surface area contributed by atoms with Crippen LogP contribution in [0.4, 0.5) is 5.13 Å². The zero-order chi connectivity index (χ0) is 15.5. The molecule has 0 aliphatic heterocycles. The zero-order valence-electron chi connectivity index (χ0n) is 12.7. The number of methoxy groups -OCH3 is 2. The third-order valence-electron chi connectivity index (χ3n) is 3.35. The molecule has 6 heteroatoms. The monoisotopic (exact) mass is 315 g/mol. The molecule has 22 heavy (non-hydrogen) atoms. The molecule has 3 rings (SSSR count). The molecule has 0 radical (unpaired) electrons. The van der Waals surface area contributed by atoms with Gasteiger partial charge in [0.05, 0.1) is 26.5 Å². The molecule has 3 aromatic rings. The van der Waals surface area contributed by atoms with Crippen LogP contribution < -0.4 is 14.4 Å². The number of anilines is 1. The quantitative estimate of drug-likeness (QED) is 0.722. The van der Waals surface area contributed by atoms with E-state index < -0.39 is 0 Å². The highest BCUT2D eigenvalue weighted by Crippen LogP contribution is 2.39. The maximum absolute atomic E-state index is 5.42. The first-order valence-electron chi connectivity index (χ1n) is 6.85. The van der Waals surface area contributed by atoms with Gasteiger partial charge in [0.1, 0.15) is 21.7 Å². The van der Waals surface area contributed by atoms with Crippen molar-refractivity contribution in [2.24, 2.45) is 0 Å². The van der Waals surface area contributed by atoms with E-state index in [1.54, 1.807) is 31.8 Å². The molecule has 0 aliphatic carbocycles. The molecule has 0 saturated carbocycles. The molecule has 2 heterocycles. The molecule has 0 saturated heterocycles. The molecule has 2 aromatic heterocycles. The Balaban J connectivity index is 1.97. The summed E-state index contributed by atoms with van der Waals surface area (Å²) in [7, 11) is 5.32. The van der Waals surface area contributed by atoms with E-state index >= 15 is 0 Å².